The fraction of sp³-hybridized carbons (Fsp3) is 0.350. The second kappa shape index (κ2) is 8.12. The quantitative estimate of drug-likeness (QED) is 0.745. The molecule has 144 valence electrons. The highest BCUT2D eigenvalue weighted by Crippen LogP contribution is 2.26. The first kappa shape index (κ1) is 20.0. The van der Waals surface area contributed by atoms with E-state index in [9.17, 15) is 13.2 Å². The van der Waals surface area contributed by atoms with Crippen molar-refractivity contribution in [3.63, 3.8) is 0 Å². The molecule has 0 saturated carbocycles. The molecule has 5 nitrogen and oxygen atoms in total. The van der Waals surface area contributed by atoms with E-state index < -0.39 is 10.0 Å². The number of hydrogen-bond acceptors (Lipinski definition) is 3. The van der Waals surface area contributed by atoms with E-state index >= 15 is 0 Å². The van der Waals surface area contributed by atoms with Crippen LogP contribution in [0.25, 0.3) is 0 Å². The average molecular weight is 451 g/mol. The predicted molar refractivity (Wildman–Crippen MR) is 111 cm³/mol. The Morgan fingerprint density at radius 2 is 1.74 bits per heavy atom. The van der Waals surface area contributed by atoms with Crippen LogP contribution in [-0.2, 0) is 10.0 Å². The molecule has 1 N–H and O–H groups in total. The first-order valence-electron chi connectivity index (χ1n) is 8.97. The van der Waals surface area contributed by atoms with Crippen LogP contribution >= 0.6 is 15.9 Å². The molecule has 2 aromatic carbocycles. The highest BCUT2D eigenvalue weighted by molar-refractivity contribution is 9.10. The second-order valence-electron chi connectivity index (χ2n) is 6.88. The molecular formula is C20H23BrN2O3S. The molecule has 3 rings (SSSR count). The number of anilines is 1. The summed E-state index contributed by atoms with van der Waals surface area (Å²) in [6.07, 6.45) is 2.80. The summed E-state index contributed by atoms with van der Waals surface area (Å²) in [6, 6.07) is 10.5. The van der Waals surface area contributed by atoms with Gasteiger partial charge in [0.15, 0.2) is 0 Å². The predicted octanol–water partition coefficient (Wildman–Crippen LogP) is 4.49. The van der Waals surface area contributed by atoms with Crippen LogP contribution in [0, 0.1) is 13.8 Å². The van der Waals surface area contributed by atoms with Crippen molar-refractivity contribution >= 4 is 37.5 Å². The van der Waals surface area contributed by atoms with Crippen LogP contribution < -0.4 is 5.32 Å². The zero-order chi connectivity index (χ0) is 19.6. The molecule has 0 radical (unpaired) electrons. The van der Waals surface area contributed by atoms with Gasteiger partial charge in [0.2, 0.25) is 10.0 Å². The first-order valence-corrected chi connectivity index (χ1v) is 11.2. The van der Waals surface area contributed by atoms with Crippen molar-refractivity contribution < 1.29 is 13.2 Å². The van der Waals surface area contributed by atoms with E-state index in [1.54, 1.807) is 19.1 Å². The monoisotopic (exact) mass is 450 g/mol. The van der Waals surface area contributed by atoms with Crippen molar-refractivity contribution in [2.45, 2.75) is 38.0 Å². The number of carbonyl (C=O) groups excluding carboxylic acids is 1. The molecule has 2 aromatic rings. The number of hydrogen-bond donors (Lipinski definition) is 1. The molecule has 1 saturated heterocycles. The zero-order valence-corrected chi connectivity index (χ0v) is 17.9. The van der Waals surface area contributed by atoms with E-state index in [4.69, 9.17) is 0 Å². The van der Waals surface area contributed by atoms with Crippen molar-refractivity contribution in [2.75, 3.05) is 18.4 Å². The number of halogens is 1. The maximum absolute atomic E-state index is 13.0. The van der Waals surface area contributed by atoms with Gasteiger partial charge in [-0.05, 0) is 78.0 Å². The van der Waals surface area contributed by atoms with Gasteiger partial charge in [0.25, 0.3) is 5.91 Å². The van der Waals surface area contributed by atoms with Gasteiger partial charge in [-0.2, -0.15) is 4.31 Å². The zero-order valence-electron chi connectivity index (χ0n) is 15.5. The third-order valence-electron chi connectivity index (χ3n) is 4.76. The Hall–Kier alpha value is -1.70. The van der Waals surface area contributed by atoms with Crippen LogP contribution in [0.2, 0.25) is 0 Å². The maximum atomic E-state index is 13.0. The minimum Gasteiger partial charge on any atom is -0.321 e. The summed E-state index contributed by atoms with van der Waals surface area (Å²) in [6.45, 7) is 4.80. The van der Waals surface area contributed by atoms with E-state index in [-0.39, 0.29) is 10.8 Å². The van der Waals surface area contributed by atoms with Crippen molar-refractivity contribution in [2.24, 2.45) is 0 Å². The number of benzene rings is 2. The molecule has 1 fully saturated rings. The third-order valence-corrected chi connectivity index (χ3v) is 7.45. The Labute approximate surface area is 169 Å². The number of nitrogens with one attached hydrogen (secondary N) is 1. The highest BCUT2D eigenvalue weighted by atomic mass is 79.9. The van der Waals surface area contributed by atoms with E-state index in [0.717, 1.165) is 29.3 Å². The van der Waals surface area contributed by atoms with Crippen LogP contribution in [0.15, 0.2) is 45.8 Å². The van der Waals surface area contributed by atoms with Gasteiger partial charge >= 0.3 is 0 Å². The Morgan fingerprint density at radius 3 is 2.41 bits per heavy atom. The van der Waals surface area contributed by atoms with Crippen LogP contribution in [-0.4, -0.2) is 31.7 Å². The van der Waals surface area contributed by atoms with Crippen molar-refractivity contribution in [3.8, 4) is 0 Å². The number of aryl methyl sites for hydroxylation is 2. The topological polar surface area (TPSA) is 66.5 Å². The molecule has 0 bridgehead atoms. The van der Waals surface area contributed by atoms with Gasteiger partial charge in [0.05, 0.1) is 10.6 Å². The van der Waals surface area contributed by atoms with Gasteiger partial charge in [-0.3, -0.25) is 4.79 Å². The second-order valence-corrected chi connectivity index (χ2v) is 9.64. The molecule has 0 aromatic heterocycles. The average Bonchev–Trinajstić information content (AvgIpc) is 2.65. The fourth-order valence-electron chi connectivity index (χ4n) is 3.18. The summed E-state index contributed by atoms with van der Waals surface area (Å²) >= 11 is 3.44. The van der Waals surface area contributed by atoms with Crippen LogP contribution in [0.4, 0.5) is 5.69 Å². The highest BCUT2D eigenvalue weighted by Gasteiger charge is 2.28. The van der Waals surface area contributed by atoms with E-state index in [0.29, 0.717) is 29.9 Å². The Bertz CT molecular complexity index is 967. The van der Waals surface area contributed by atoms with Gasteiger partial charge in [-0.15, -0.1) is 0 Å². The minimum atomic E-state index is -3.59. The van der Waals surface area contributed by atoms with Gasteiger partial charge in [-0.1, -0.05) is 18.6 Å². The molecule has 7 heteroatoms. The molecule has 1 aliphatic heterocycles. The summed E-state index contributed by atoms with van der Waals surface area (Å²) in [5.74, 6) is -0.338. The third kappa shape index (κ3) is 4.42. The fourth-order valence-corrected chi connectivity index (χ4v) is 5.54. The number of nitrogens with zero attached hydrogens (tertiary/aromatic N) is 1. The lowest BCUT2D eigenvalue weighted by Crippen LogP contribution is -2.36. The number of rotatable bonds is 4. The van der Waals surface area contributed by atoms with Gasteiger partial charge < -0.3 is 5.32 Å². The van der Waals surface area contributed by atoms with E-state index in [1.165, 1.54) is 10.4 Å². The molecular weight excluding hydrogens is 428 g/mol. The lowest BCUT2D eigenvalue weighted by Gasteiger charge is -2.26. The van der Waals surface area contributed by atoms with Crippen LogP contribution in [0.5, 0.6) is 0 Å². The Balaban J connectivity index is 1.89. The van der Waals surface area contributed by atoms with Gasteiger partial charge in [0, 0.05) is 23.1 Å². The molecule has 27 heavy (non-hydrogen) atoms. The Kier molecular flexibility index (Phi) is 6.03. The van der Waals surface area contributed by atoms with Crippen LogP contribution in [0.1, 0.15) is 40.7 Å². The van der Waals surface area contributed by atoms with Crippen molar-refractivity contribution in [3.05, 3.63) is 57.6 Å². The summed E-state index contributed by atoms with van der Waals surface area (Å²) in [7, 11) is -3.59. The SMILES string of the molecule is Cc1ccc(NC(=O)c2ccc(C)c(S(=O)(=O)N3CCCCC3)c2)c(Br)c1. The molecule has 0 atom stereocenters. The summed E-state index contributed by atoms with van der Waals surface area (Å²) in [5.41, 5.74) is 2.69. The standard InChI is InChI=1S/C20H23BrN2O3S/c1-14-6-9-18(17(21)12-14)22-20(24)16-8-7-15(2)19(13-16)27(25,26)23-10-4-3-5-11-23/h6-9,12-13H,3-5,10-11H2,1-2H3,(H,22,24). The molecule has 1 heterocycles. The maximum Gasteiger partial charge on any atom is 0.255 e. The van der Waals surface area contributed by atoms with Crippen LogP contribution in [0.3, 0.4) is 0 Å². The number of amides is 1. The molecule has 1 aliphatic rings. The van der Waals surface area contributed by atoms with Gasteiger partial charge in [-0.25, -0.2) is 8.42 Å². The summed E-state index contributed by atoms with van der Waals surface area (Å²) < 4.78 is 28.3. The Morgan fingerprint density at radius 1 is 1.04 bits per heavy atom. The normalized spacial score (nSPS) is 15.5. The molecule has 0 spiro atoms. The largest absolute Gasteiger partial charge is 0.321 e. The van der Waals surface area contributed by atoms with Gasteiger partial charge in [0.1, 0.15) is 0 Å². The molecule has 0 aliphatic carbocycles. The number of piperidine rings is 1. The molecule has 0 unspecified atom stereocenters. The summed E-state index contributed by atoms with van der Waals surface area (Å²) in [4.78, 5) is 12.9. The minimum absolute atomic E-state index is 0.208. The number of sulfonamides is 1. The molecule has 1 amide bonds. The summed E-state index contributed by atoms with van der Waals surface area (Å²) in [5, 5.41) is 2.84. The van der Waals surface area contributed by atoms with E-state index in [1.807, 2.05) is 25.1 Å². The smallest absolute Gasteiger partial charge is 0.255 e. The van der Waals surface area contributed by atoms with E-state index in [2.05, 4.69) is 21.2 Å². The lowest BCUT2D eigenvalue weighted by molar-refractivity contribution is 0.102. The lowest BCUT2D eigenvalue weighted by atomic mass is 10.1. The van der Waals surface area contributed by atoms with Crippen molar-refractivity contribution in [1.82, 2.24) is 4.31 Å². The van der Waals surface area contributed by atoms with Crippen molar-refractivity contribution in [1.29, 1.82) is 0 Å². The first-order chi connectivity index (χ1) is 12.8. The number of carbonyl (C=O) groups is 1.